The number of alkyl halides is 3. The van der Waals surface area contributed by atoms with Crippen molar-refractivity contribution in [1.29, 1.82) is 0 Å². The van der Waals surface area contributed by atoms with Crippen LogP contribution in [0.5, 0.6) is 0 Å². The van der Waals surface area contributed by atoms with Crippen LogP contribution in [0.15, 0.2) is 48.5 Å². The van der Waals surface area contributed by atoms with Crippen LogP contribution in [-0.4, -0.2) is 23.9 Å². The summed E-state index contributed by atoms with van der Waals surface area (Å²) in [6, 6.07) is 11.8. The van der Waals surface area contributed by atoms with Crippen LogP contribution in [-0.2, 0) is 12.7 Å². The highest BCUT2D eigenvalue weighted by atomic mass is 19.4. The number of piperidine rings is 1. The summed E-state index contributed by atoms with van der Waals surface area (Å²) in [5.74, 6) is 0.375. The number of hydrogen-bond acceptors (Lipinski definition) is 2. The topological polar surface area (TPSA) is 32.3 Å². The van der Waals surface area contributed by atoms with Crippen LogP contribution < -0.4 is 5.32 Å². The van der Waals surface area contributed by atoms with Crippen molar-refractivity contribution in [2.45, 2.75) is 32.5 Å². The summed E-state index contributed by atoms with van der Waals surface area (Å²) < 4.78 is 37.8. The molecular formula is C21H23F3N2O. The summed E-state index contributed by atoms with van der Waals surface area (Å²) in [6.45, 7) is 5.32. The van der Waals surface area contributed by atoms with Gasteiger partial charge >= 0.3 is 6.18 Å². The molecule has 0 bridgehead atoms. The molecule has 0 aliphatic carbocycles. The van der Waals surface area contributed by atoms with E-state index >= 15 is 0 Å². The van der Waals surface area contributed by atoms with Crippen LogP contribution in [0.25, 0.3) is 0 Å². The minimum atomic E-state index is -4.38. The fraction of sp³-hybridized carbons (Fsp3) is 0.381. The molecule has 1 N–H and O–H groups in total. The first-order chi connectivity index (χ1) is 12.8. The Kier molecular flexibility index (Phi) is 5.85. The maximum Gasteiger partial charge on any atom is 0.416 e. The Labute approximate surface area is 157 Å². The zero-order valence-electron chi connectivity index (χ0n) is 15.2. The number of likely N-dealkylation sites (tertiary alicyclic amines) is 1. The number of hydrogen-bond donors (Lipinski definition) is 1. The number of carbonyl (C=O) groups excluding carboxylic acids is 1. The van der Waals surface area contributed by atoms with Crippen molar-refractivity contribution in [3.05, 3.63) is 65.2 Å². The third-order valence-electron chi connectivity index (χ3n) is 4.83. The molecule has 2 aromatic carbocycles. The highest BCUT2D eigenvalue weighted by Gasteiger charge is 2.30. The van der Waals surface area contributed by atoms with Crippen LogP contribution in [0, 0.1) is 5.92 Å². The Morgan fingerprint density at radius 1 is 1.11 bits per heavy atom. The van der Waals surface area contributed by atoms with E-state index in [9.17, 15) is 18.0 Å². The summed E-state index contributed by atoms with van der Waals surface area (Å²) in [5, 5.41) is 2.63. The average Bonchev–Trinajstić information content (AvgIpc) is 2.62. The van der Waals surface area contributed by atoms with Crippen LogP contribution >= 0.6 is 0 Å². The lowest BCUT2D eigenvalue weighted by Gasteiger charge is -2.30. The highest BCUT2D eigenvalue weighted by Crippen LogP contribution is 2.29. The van der Waals surface area contributed by atoms with E-state index in [4.69, 9.17) is 0 Å². The molecule has 0 radical (unpaired) electrons. The Morgan fingerprint density at radius 3 is 2.37 bits per heavy atom. The minimum Gasteiger partial charge on any atom is -0.322 e. The van der Waals surface area contributed by atoms with Crippen LogP contribution in [0.4, 0.5) is 18.9 Å². The lowest BCUT2D eigenvalue weighted by molar-refractivity contribution is -0.137. The van der Waals surface area contributed by atoms with Crippen molar-refractivity contribution in [3.8, 4) is 0 Å². The molecule has 1 saturated heterocycles. The lowest BCUT2D eigenvalue weighted by atomic mass is 9.99. The molecule has 1 aliphatic rings. The van der Waals surface area contributed by atoms with Gasteiger partial charge in [-0.1, -0.05) is 19.1 Å². The molecule has 0 saturated carbocycles. The zero-order chi connectivity index (χ0) is 19.4. The molecule has 0 aromatic heterocycles. The molecule has 2 aromatic rings. The van der Waals surface area contributed by atoms with Crippen molar-refractivity contribution in [1.82, 2.24) is 4.90 Å². The quantitative estimate of drug-likeness (QED) is 0.796. The van der Waals surface area contributed by atoms with E-state index in [1.807, 2.05) is 12.1 Å². The second kappa shape index (κ2) is 8.13. The Hall–Kier alpha value is -2.34. The van der Waals surface area contributed by atoms with E-state index in [1.165, 1.54) is 25.0 Å². The molecule has 6 heteroatoms. The number of nitrogens with one attached hydrogen (secondary N) is 1. The van der Waals surface area contributed by atoms with E-state index in [0.717, 1.165) is 37.3 Å². The molecule has 1 fully saturated rings. The second-order valence-corrected chi connectivity index (χ2v) is 7.21. The molecule has 1 amide bonds. The van der Waals surface area contributed by atoms with Crippen LogP contribution in [0.2, 0.25) is 0 Å². The average molecular weight is 376 g/mol. The summed E-state index contributed by atoms with van der Waals surface area (Å²) in [4.78, 5) is 14.7. The van der Waals surface area contributed by atoms with Gasteiger partial charge in [-0.25, -0.2) is 0 Å². The minimum absolute atomic E-state index is 0.333. The lowest BCUT2D eigenvalue weighted by Crippen LogP contribution is -2.33. The second-order valence-electron chi connectivity index (χ2n) is 7.21. The Morgan fingerprint density at radius 2 is 1.78 bits per heavy atom. The third kappa shape index (κ3) is 5.32. The summed E-state index contributed by atoms with van der Waals surface area (Å²) in [5.41, 5.74) is 1.22. The first-order valence-corrected chi connectivity index (χ1v) is 9.11. The van der Waals surface area contributed by atoms with Gasteiger partial charge in [0.2, 0.25) is 0 Å². The molecule has 0 unspecified atom stereocenters. The van der Waals surface area contributed by atoms with Gasteiger partial charge in [0.25, 0.3) is 5.91 Å². The Bertz CT molecular complexity index is 770. The fourth-order valence-corrected chi connectivity index (χ4v) is 3.40. The van der Waals surface area contributed by atoms with Gasteiger partial charge in [0.15, 0.2) is 0 Å². The van der Waals surface area contributed by atoms with Crippen molar-refractivity contribution in [3.63, 3.8) is 0 Å². The molecule has 1 heterocycles. The number of rotatable bonds is 4. The zero-order valence-corrected chi connectivity index (χ0v) is 15.2. The molecule has 3 nitrogen and oxygen atoms in total. The number of carbonyl (C=O) groups is 1. The van der Waals surface area contributed by atoms with Gasteiger partial charge in [-0.05, 0) is 67.3 Å². The van der Waals surface area contributed by atoms with Crippen molar-refractivity contribution in [2.75, 3.05) is 18.4 Å². The van der Waals surface area contributed by atoms with E-state index in [1.54, 1.807) is 12.1 Å². The smallest absolute Gasteiger partial charge is 0.322 e. The highest BCUT2D eigenvalue weighted by molar-refractivity contribution is 6.04. The van der Waals surface area contributed by atoms with Gasteiger partial charge < -0.3 is 5.32 Å². The third-order valence-corrected chi connectivity index (χ3v) is 4.83. The molecule has 3 rings (SSSR count). The number of amides is 1. The van der Waals surface area contributed by atoms with E-state index in [-0.39, 0.29) is 5.91 Å². The normalized spacial score (nSPS) is 18.3. The fourth-order valence-electron chi connectivity index (χ4n) is 3.40. The van der Waals surface area contributed by atoms with Gasteiger partial charge in [0.1, 0.15) is 0 Å². The summed E-state index contributed by atoms with van der Waals surface area (Å²) in [7, 11) is 0. The maximum absolute atomic E-state index is 12.6. The summed E-state index contributed by atoms with van der Waals surface area (Å²) in [6.07, 6.45) is -1.89. The molecule has 0 spiro atoms. The van der Waals surface area contributed by atoms with Gasteiger partial charge in [-0.2, -0.15) is 13.2 Å². The molecule has 27 heavy (non-hydrogen) atoms. The van der Waals surface area contributed by atoms with E-state index in [2.05, 4.69) is 17.1 Å². The van der Waals surface area contributed by atoms with E-state index < -0.39 is 11.7 Å². The van der Waals surface area contributed by atoms with Crippen molar-refractivity contribution in [2.24, 2.45) is 5.92 Å². The number of benzene rings is 2. The first-order valence-electron chi connectivity index (χ1n) is 9.11. The number of halogens is 3. The first kappa shape index (κ1) is 19.4. The standard InChI is InChI=1S/C21H23F3N2O/c1-15-3-2-12-26(13-15)14-16-4-6-17(7-5-16)20(27)25-19-10-8-18(9-11-19)21(22,23)24/h4-11,15H,2-3,12-14H2,1H3,(H,25,27)/t15-/m1/s1. The number of nitrogens with zero attached hydrogens (tertiary/aromatic N) is 1. The largest absolute Gasteiger partial charge is 0.416 e. The maximum atomic E-state index is 12.6. The molecule has 1 atom stereocenters. The molecule has 144 valence electrons. The predicted molar refractivity (Wildman–Crippen MR) is 99.5 cm³/mol. The van der Waals surface area contributed by atoms with Crippen LogP contribution in [0.1, 0.15) is 41.3 Å². The Balaban J connectivity index is 1.58. The molecular weight excluding hydrogens is 353 g/mol. The number of anilines is 1. The predicted octanol–water partition coefficient (Wildman–Crippen LogP) is 5.19. The summed E-state index contributed by atoms with van der Waals surface area (Å²) >= 11 is 0. The monoisotopic (exact) mass is 376 g/mol. The van der Waals surface area contributed by atoms with E-state index in [0.29, 0.717) is 17.2 Å². The van der Waals surface area contributed by atoms with Gasteiger partial charge in [-0.15, -0.1) is 0 Å². The molecule has 1 aliphatic heterocycles. The van der Waals surface area contributed by atoms with Gasteiger partial charge in [0, 0.05) is 24.3 Å². The van der Waals surface area contributed by atoms with Crippen LogP contribution in [0.3, 0.4) is 0 Å². The van der Waals surface area contributed by atoms with Crippen molar-refractivity contribution >= 4 is 11.6 Å². The van der Waals surface area contributed by atoms with Gasteiger partial charge in [0.05, 0.1) is 5.56 Å². The SMILES string of the molecule is C[C@@H]1CCCN(Cc2ccc(C(=O)Nc3ccc(C(F)(F)F)cc3)cc2)C1. The van der Waals surface area contributed by atoms with Gasteiger partial charge in [-0.3, -0.25) is 9.69 Å². The van der Waals surface area contributed by atoms with Crippen molar-refractivity contribution < 1.29 is 18.0 Å².